The molecule has 0 aliphatic heterocycles. The number of hydrogen-bond donors (Lipinski definition) is 1. The molecule has 0 radical (unpaired) electrons. The number of aromatic nitrogens is 5. The zero-order chi connectivity index (χ0) is 17.1. The highest BCUT2D eigenvalue weighted by atomic mass is 35.5. The number of hydrogen-bond acceptors (Lipinski definition) is 4. The van der Waals surface area contributed by atoms with E-state index < -0.39 is 0 Å². The summed E-state index contributed by atoms with van der Waals surface area (Å²) in [4.78, 5) is 16.0. The molecule has 0 fully saturated rings. The van der Waals surface area contributed by atoms with Crippen LogP contribution in [-0.2, 0) is 17.9 Å². The van der Waals surface area contributed by atoms with Gasteiger partial charge < -0.3 is 0 Å². The van der Waals surface area contributed by atoms with E-state index in [9.17, 15) is 9.18 Å². The third-order valence-electron chi connectivity index (χ3n) is 3.41. The van der Waals surface area contributed by atoms with Crippen molar-refractivity contribution in [3.05, 3.63) is 58.9 Å². The number of nitrogens with zero attached hydrogens (tertiary/aromatic N) is 5. The largest absolute Gasteiger partial charge is 0.292 e. The molecule has 124 valence electrons. The van der Waals surface area contributed by atoms with Crippen molar-refractivity contribution < 1.29 is 9.18 Å². The van der Waals surface area contributed by atoms with Gasteiger partial charge >= 0.3 is 0 Å². The van der Waals surface area contributed by atoms with E-state index >= 15 is 0 Å². The van der Waals surface area contributed by atoms with Crippen LogP contribution >= 0.6 is 11.6 Å². The molecule has 0 bridgehead atoms. The van der Waals surface area contributed by atoms with Gasteiger partial charge in [0.2, 0.25) is 11.9 Å². The average molecular weight is 349 g/mol. The number of halogens is 2. The summed E-state index contributed by atoms with van der Waals surface area (Å²) in [6.07, 6.45) is 2.91. The molecule has 24 heavy (non-hydrogen) atoms. The number of nitrogens with one attached hydrogen (secondary N) is 1. The Labute approximate surface area is 142 Å². The minimum Gasteiger partial charge on any atom is -0.292 e. The van der Waals surface area contributed by atoms with E-state index in [2.05, 4.69) is 20.5 Å². The summed E-state index contributed by atoms with van der Waals surface area (Å²) in [6.45, 7) is 1.99. The molecule has 3 rings (SSSR count). The molecule has 0 unspecified atom stereocenters. The van der Waals surface area contributed by atoms with Gasteiger partial charge in [-0.15, -0.1) is 5.10 Å². The molecule has 9 heteroatoms. The first-order valence-corrected chi connectivity index (χ1v) is 7.51. The zero-order valence-electron chi connectivity index (χ0n) is 12.8. The Bertz CT molecular complexity index is 874. The van der Waals surface area contributed by atoms with Gasteiger partial charge in [-0.3, -0.25) is 14.8 Å². The van der Waals surface area contributed by atoms with Crippen LogP contribution in [0, 0.1) is 12.7 Å². The molecule has 0 spiro atoms. The topological polar surface area (TPSA) is 77.6 Å². The van der Waals surface area contributed by atoms with Crippen LogP contribution in [0.3, 0.4) is 0 Å². The van der Waals surface area contributed by atoms with E-state index in [1.54, 1.807) is 25.1 Å². The van der Waals surface area contributed by atoms with Gasteiger partial charge in [-0.05, 0) is 13.0 Å². The van der Waals surface area contributed by atoms with Crippen LogP contribution in [0.4, 0.5) is 10.3 Å². The second-order valence-electron chi connectivity index (χ2n) is 5.14. The van der Waals surface area contributed by atoms with E-state index in [0.717, 1.165) is 0 Å². The van der Waals surface area contributed by atoms with Crippen LogP contribution in [0.2, 0.25) is 5.02 Å². The first kappa shape index (κ1) is 16.1. The van der Waals surface area contributed by atoms with Gasteiger partial charge in [-0.25, -0.2) is 14.1 Å². The third kappa shape index (κ3) is 3.60. The van der Waals surface area contributed by atoms with Crippen LogP contribution in [0.25, 0.3) is 0 Å². The van der Waals surface area contributed by atoms with Crippen LogP contribution in [0.1, 0.15) is 11.3 Å². The van der Waals surface area contributed by atoms with Gasteiger partial charge in [0.05, 0.1) is 23.5 Å². The molecule has 0 aliphatic carbocycles. The summed E-state index contributed by atoms with van der Waals surface area (Å²) in [5.41, 5.74) is 1.19. The van der Waals surface area contributed by atoms with Crippen molar-refractivity contribution in [2.45, 2.75) is 20.0 Å². The summed E-state index contributed by atoms with van der Waals surface area (Å²) in [7, 11) is 0. The molecule has 3 aromatic rings. The number of amides is 1. The lowest BCUT2D eigenvalue weighted by atomic mass is 10.2. The molecule has 1 amide bonds. The van der Waals surface area contributed by atoms with Crippen LogP contribution in [-0.4, -0.2) is 30.5 Å². The smallest absolute Gasteiger partial charge is 0.248 e. The Morgan fingerprint density at radius 1 is 1.38 bits per heavy atom. The highest BCUT2D eigenvalue weighted by Gasteiger charge is 2.11. The average Bonchev–Trinajstić information content (AvgIpc) is 3.11. The predicted molar refractivity (Wildman–Crippen MR) is 86.1 cm³/mol. The monoisotopic (exact) mass is 348 g/mol. The molecule has 0 saturated carbocycles. The maximum absolute atomic E-state index is 13.6. The summed E-state index contributed by atoms with van der Waals surface area (Å²) in [6, 6.07) is 6.41. The maximum Gasteiger partial charge on any atom is 0.248 e. The van der Waals surface area contributed by atoms with Crippen molar-refractivity contribution in [3.63, 3.8) is 0 Å². The predicted octanol–water partition coefficient (Wildman–Crippen LogP) is 2.26. The van der Waals surface area contributed by atoms with Crippen molar-refractivity contribution in [1.29, 1.82) is 0 Å². The molecule has 1 N–H and O–H groups in total. The lowest BCUT2D eigenvalue weighted by molar-refractivity contribution is -0.117. The normalized spacial score (nSPS) is 10.8. The minimum atomic E-state index is -0.332. The van der Waals surface area contributed by atoms with Gasteiger partial charge in [0, 0.05) is 5.56 Å². The van der Waals surface area contributed by atoms with Crippen molar-refractivity contribution in [2.24, 2.45) is 0 Å². The number of carbonyl (C=O) groups is 1. The first-order valence-electron chi connectivity index (χ1n) is 7.13. The van der Waals surface area contributed by atoms with E-state index in [4.69, 9.17) is 11.6 Å². The van der Waals surface area contributed by atoms with E-state index in [1.165, 1.54) is 28.0 Å². The van der Waals surface area contributed by atoms with Crippen LogP contribution in [0.5, 0.6) is 0 Å². The fraction of sp³-hybridized carbons (Fsp3) is 0.200. The Hall–Kier alpha value is -2.74. The Morgan fingerprint density at radius 3 is 2.88 bits per heavy atom. The van der Waals surface area contributed by atoms with E-state index in [-0.39, 0.29) is 30.8 Å². The molecule has 7 nitrogen and oxygen atoms in total. The highest BCUT2D eigenvalue weighted by molar-refractivity contribution is 6.31. The zero-order valence-corrected chi connectivity index (χ0v) is 13.5. The number of rotatable bonds is 5. The fourth-order valence-corrected chi connectivity index (χ4v) is 2.25. The van der Waals surface area contributed by atoms with Crippen molar-refractivity contribution in [3.8, 4) is 0 Å². The highest BCUT2D eigenvalue weighted by Crippen LogP contribution is 2.13. The second kappa shape index (κ2) is 6.79. The third-order valence-corrected chi connectivity index (χ3v) is 3.79. The SMILES string of the molecule is Cc1c(Cl)cnn1CC(=O)Nc1ncn(Cc2ccccc2F)n1. The molecular formula is C15H14ClFN6O. The van der Waals surface area contributed by atoms with Gasteiger partial charge in [-0.2, -0.15) is 5.10 Å². The van der Waals surface area contributed by atoms with Crippen molar-refractivity contribution in [1.82, 2.24) is 24.5 Å². The summed E-state index contributed by atoms with van der Waals surface area (Å²) < 4.78 is 16.6. The van der Waals surface area contributed by atoms with E-state index in [0.29, 0.717) is 16.3 Å². The fourth-order valence-electron chi connectivity index (χ4n) is 2.11. The Morgan fingerprint density at radius 2 is 2.17 bits per heavy atom. The van der Waals surface area contributed by atoms with Crippen LogP contribution in [0.15, 0.2) is 36.8 Å². The molecule has 0 saturated heterocycles. The number of benzene rings is 1. The molecule has 0 atom stereocenters. The standard InChI is InChI=1S/C15H14ClFN6O/c1-10-12(16)6-19-23(10)8-14(24)20-15-18-9-22(21-15)7-11-4-2-3-5-13(11)17/h2-6,9H,7-8H2,1H3,(H,20,21,24). The molecule has 2 aromatic heterocycles. The van der Waals surface area contributed by atoms with Gasteiger partial charge in [0.25, 0.3) is 0 Å². The Balaban J connectivity index is 1.62. The summed E-state index contributed by atoms with van der Waals surface area (Å²) in [5, 5.41) is 11.2. The molecule has 0 aliphatic rings. The maximum atomic E-state index is 13.6. The number of carbonyl (C=O) groups excluding carboxylic acids is 1. The Kier molecular flexibility index (Phi) is 4.57. The van der Waals surface area contributed by atoms with Crippen LogP contribution < -0.4 is 5.32 Å². The molecule has 1 aromatic carbocycles. The first-order chi connectivity index (χ1) is 11.5. The van der Waals surface area contributed by atoms with Crippen molar-refractivity contribution in [2.75, 3.05) is 5.32 Å². The lowest BCUT2D eigenvalue weighted by Crippen LogP contribution is -2.21. The molecule has 2 heterocycles. The second-order valence-corrected chi connectivity index (χ2v) is 5.55. The lowest BCUT2D eigenvalue weighted by Gasteiger charge is -2.04. The summed E-state index contributed by atoms with van der Waals surface area (Å²) >= 11 is 5.89. The number of anilines is 1. The molecular weight excluding hydrogens is 335 g/mol. The van der Waals surface area contributed by atoms with Gasteiger partial charge in [0.15, 0.2) is 0 Å². The quantitative estimate of drug-likeness (QED) is 0.767. The van der Waals surface area contributed by atoms with Gasteiger partial charge in [0.1, 0.15) is 18.7 Å². The minimum absolute atomic E-state index is 0.000404. The summed E-state index contributed by atoms with van der Waals surface area (Å²) in [5.74, 6) is -0.502. The van der Waals surface area contributed by atoms with Gasteiger partial charge in [-0.1, -0.05) is 29.8 Å². The van der Waals surface area contributed by atoms with E-state index in [1.807, 2.05) is 0 Å². The van der Waals surface area contributed by atoms with Crippen molar-refractivity contribution >= 4 is 23.5 Å².